The van der Waals surface area contributed by atoms with Crippen LogP contribution >= 0.6 is 12.2 Å². The first-order chi connectivity index (χ1) is 14.2. The van der Waals surface area contributed by atoms with E-state index < -0.39 is 0 Å². The molecule has 0 aromatic carbocycles. The molecule has 2 aliphatic heterocycles. The first-order valence-corrected chi connectivity index (χ1v) is 11.5. The van der Waals surface area contributed by atoms with Crippen molar-refractivity contribution >= 4 is 34.9 Å². The van der Waals surface area contributed by atoms with Crippen LogP contribution < -0.4 is 20.4 Å². The first-order valence-electron chi connectivity index (χ1n) is 11.1. The zero-order valence-electron chi connectivity index (χ0n) is 18.0. The van der Waals surface area contributed by atoms with Crippen LogP contribution in [0.1, 0.15) is 51.9 Å². The molecular formula is C21H36N6OS. The minimum Gasteiger partial charge on any atom is -0.385 e. The molecule has 0 aliphatic carbocycles. The lowest BCUT2D eigenvalue weighted by atomic mass is 10.0. The van der Waals surface area contributed by atoms with E-state index in [0.717, 1.165) is 50.8 Å². The number of anilines is 3. The highest BCUT2D eigenvalue weighted by atomic mass is 32.1. The van der Waals surface area contributed by atoms with Crippen LogP contribution in [0.3, 0.4) is 0 Å². The molecule has 29 heavy (non-hydrogen) atoms. The maximum atomic E-state index is 5.46. The highest BCUT2D eigenvalue weighted by Crippen LogP contribution is 2.27. The summed E-state index contributed by atoms with van der Waals surface area (Å²) in [5.74, 6) is 3.31. The number of aromatic nitrogens is 2. The van der Waals surface area contributed by atoms with Gasteiger partial charge in [0.1, 0.15) is 11.6 Å². The number of nitrogens with zero attached hydrogens (tertiary/aromatic N) is 4. The van der Waals surface area contributed by atoms with Crippen molar-refractivity contribution in [3.8, 4) is 0 Å². The highest BCUT2D eigenvalue weighted by molar-refractivity contribution is 7.80. The van der Waals surface area contributed by atoms with Gasteiger partial charge in [0.2, 0.25) is 5.95 Å². The van der Waals surface area contributed by atoms with Crippen LogP contribution in [-0.2, 0) is 4.74 Å². The fourth-order valence-corrected chi connectivity index (χ4v) is 4.26. The van der Waals surface area contributed by atoms with Crippen molar-refractivity contribution in [1.29, 1.82) is 0 Å². The maximum Gasteiger partial charge on any atom is 0.232 e. The normalized spacial score (nSPS) is 20.3. The van der Waals surface area contributed by atoms with Gasteiger partial charge >= 0.3 is 0 Å². The molecule has 3 rings (SSSR count). The molecule has 3 heterocycles. The van der Waals surface area contributed by atoms with Crippen molar-refractivity contribution < 1.29 is 4.74 Å². The van der Waals surface area contributed by atoms with Crippen molar-refractivity contribution in [3.63, 3.8) is 0 Å². The zero-order chi connectivity index (χ0) is 20.5. The summed E-state index contributed by atoms with van der Waals surface area (Å²) in [6, 6.07) is 2.17. The molecule has 162 valence electrons. The summed E-state index contributed by atoms with van der Waals surface area (Å²) < 4.78 is 5.09. The number of rotatable bonds is 7. The molecule has 2 N–H and O–H groups in total. The quantitative estimate of drug-likeness (QED) is 0.514. The molecule has 2 saturated heterocycles. The van der Waals surface area contributed by atoms with Gasteiger partial charge in [-0.1, -0.05) is 19.8 Å². The third kappa shape index (κ3) is 6.96. The summed E-state index contributed by atoms with van der Waals surface area (Å²) in [6.07, 6.45) is 8.47. The van der Waals surface area contributed by atoms with Crippen LogP contribution in [-0.4, -0.2) is 61.5 Å². The number of hydrogen-bond donors (Lipinski definition) is 2. The summed E-state index contributed by atoms with van der Waals surface area (Å²) in [4.78, 5) is 14.4. The largest absolute Gasteiger partial charge is 0.385 e. The summed E-state index contributed by atoms with van der Waals surface area (Å²) in [6.45, 7) is 8.03. The van der Waals surface area contributed by atoms with Crippen molar-refractivity contribution in [1.82, 2.24) is 15.3 Å². The maximum absolute atomic E-state index is 5.46. The fraction of sp³-hybridized carbons (Fsp3) is 0.762. The van der Waals surface area contributed by atoms with E-state index in [1.807, 2.05) is 0 Å². The molecular weight excluding hydrogens is 384 g/mol. The lowest BCUT2D eigenvalue weighted by Crippen LogP contribution is -2.36. The molecule has 0 amide bonds. The molecule has 1 atom stereocenters. The summed E-state index contributed by atoms with van der Waals surface area (Å²) in [5, 5.41) is 6.98. The van der Waals surface area contributed by atoms with E-state index in [2.05, 4.69) is 33.4 Å². The predicted molar refractivity (Wildman–Crippen MR) is 124 cm³/mol. The molecule has 0 saturated carbocycles. The van der Waals surface area contributed by atoms with Gasteiger partial charge in [-0.15, -0.1) is 0 Å². The Morgan fingerprint density at radius 2 is 1.79 bits per heavy atom. The molecule has 1 aromatic rings. The summed E-state index contributed by atoms with van der Waals surface area (Å²) in [5.41, 5.74) is 0. The van der Waals surface area contributed by atoms with Crippen molar-refractivity contribution in [3.05, 3.63) is 6.07 Å². The molecule has 2 aliphatic rings. The minimum absolute atomic E-state index is 0.562. The second-order valence-corrected chi connectivity index (χ2v) is 8.64. The second-order valence-electron chi connectivity index (χ2n) is 8.23. The monoisotopic (exact) mass is 420 g/mol. The van der Waals surface area contributed by atoms with Crippen LogP contribution in [0, 0.1) is 5.92 Å². The lowest BCUT2D eigenvalue weighted by molar-refractivity contribution is 0.196. The standard InChI is InChI=1S/C21H36N6OS/c1-17-9-7-13-27(16-17)19-15-18(26-11-5-3-4-6-12-26)23-20(24-19)25-21(29)22-10-8-14-28-2/h15,17H,3-14,16H2,1-2H3,(H2,22,23,24,25,29). The van der Waals surface area contributed by atoms with E-state index >= 15 is 0 Å². The number of hydrogen-bond acceptors (Lipinski definition) is 6. The van der Waals surface area contributed by atoms with Gasteiger partial charge in [-0.3, -0.25) is 0 Å². The minimum atomic E-state index is 0.562. The molecule has 8 heteroatoms. The molecule has 0 bridgehead atoms. The van der Waals surface area contributed by atoms with Crippen molar-refractivity contribution in [2.24, 2.45) is 5.92 Å². The average Bonchev–Trinajstić information content (AvgIpc) is 3.01. The Hall–Kier alpha value is -1.67. The van der Waals surface area contributed by atoms with E-state index in [1.165, 1.54) is 38.5 Å². The van der Waals surface area contributed by atoms with Gasteiger partial charge in [-0.05, 0) is 50.2 Å². The number of thiocarbonyl (C=S) groups is 1. The zero-order valence-corrected chi connectivity index (χ0v) is 18.8. The third-order valence-corrected chi connectivity index (χ3v) is 5.89. The van der Waals surface area contributed by atoms with Crippen molar-refractivity contribution in [2.75, 3.05) is 61.6 Å². The van der Waals surface area contributed by atoms with Crippen LogP contribution in [0.25, 0.3) is 0 Å². The smallest absolute Gasteiger partial charge is 0.232 e. The SMILES string of the molecule is COCCCNC(=S)Nc1nc(N2CCCCCC2)cc(N2CCCC(C)C2)n1. The number of piperidine rings is 1. The van der Waals surface area contributed by atoms with Crippen LogP contribution in [0.2, 0.25) is 0 Å². The van der Waals surface area contributed by atoms with E-state index in [0.29, 0.717) is 23.6 Å². The Morgan fingerprint density at radius 3 is 2.48 bits per heavy atom. The fourth-order valence-electron chi connectivity index (χ4n) is 4.06. The van der Waals surface area contributed by atoms with Gasteiger partial charge in [-0.2, -0.15) is 9.97 Å². The highest BCUT2D eigenvalue weighted by Gasteiger charge is 2.21. The summed E-state index contributed by atoms with van der Waals surface area (Å²) >= 11 is 5.46. The van der Waals surface area contributed by atoms with Gasteiger partial charge in [0, 0.05) is 52.5 Å². The van der Waals surface area contributed by atoms with E-state index in [-0.39, 0.29) is 0 Å². The Labute approximate surface area is 180 Å². The Balaban J connectivity index is 1.75. The van der Waals surface area contributed by atoms with E-state index in [9.17, 15) is 0 Å². The van der Waals surface area contributed by atoms with Crippen LogP contribution in [0.4, 0.5) is 17.6 Å². The van der Waals surface area contributed by atoms with E-state index in [1.54, 1.807) is 7.11 Å². The van der Waals surface area contributed by atoms with Gasteiger partial charge in [-0.25, -0.2) is 0 Å². The number of nitrogens with one attached hydrogen (secondary N) is 2. The number of ether oxygens (including phenoxy) is 1. The first kappa shape index (κ1) is 22.0. The molecule has 0 spiro atoms. The number of methoxy groups -OCH3 is 1. The predicted octanol–water partition coefficient (Wildman–Crippen LogP) is 3.42. The molecule has 2 fully saturated rings. The lowest BCUT2D eigenvalue weighted by Gasteiger charge is -2.33. The molecule has 1 aromatic heterocycles. The third-order valence-electron chi connectivity index (χ3n) is 5.65. The van der Waals surface area contributed by atoms with Gasteiger partial charge in [0.05, 0.1) is 0 Å². The molecule has 0 radical (unpaired) electrons. The Morgan fingerprint density at radius 1 is 1.10 bits per heavy atom. The van der Waals surface area contributed by atoms with Gasteiger partial charge in [0.15, 0.2) is 5.11 Å². The average molecular weight is 421 g/mol. The van der Waals surface area contributed by atoms with Crippen LogP contribution in [0.15, 0.2) is 6.07 Å². The van der Waals surface area contributed by atoms with E-state index in [4.69, 9.17) is 26.9 Å². The Kier molecular flexibility index (Phi) is 8.73. The molecule has 7 nitrogen and oxygen atoms in total. The Bertz CT molecular complexity index is 630. The topological polar surface area (TPSA) is 65.6 Å². The summed E-state index contributed by atoms with van der Waals surface area (Å²) in [7, 11) is 1.71. The van der Waals surface area contributed by atoms with Crippen LogP contribution in [0.5, 0.6) is 0 Å². The second kappa shape index (κ2) is 11.5. The van der Waals surface area contributed by atoms with Gasteiger partial charge in [0.25, 0.3) is 0 Å². The van der Waals surface area contributed by atoms with Crippen molar-refractivity contribution in [2.45, 2.75) is 51.9 Å². The molecule has 1 unspecified atom stereocenters. The van der Waals surface area contributed by atoms with Gasteiger partial charge < -0.3 is 25.2 Å².